The highest BCUT2D eigenvalue weighted by molar-refractivity contribution is 9.10. The standard InChI is InChI=1S/C8H9BrN2O3/c9-6-1-5(8(12)4-10)2-7(3-6)11(13)14/h1-3,8,12H,4,10H2. The van der Waals surface area contributed by atoms with E-state index in [1.807, 2.05) is 0 Å². The SMILES string of the molecule is NCC(O)c1cc(Br)cc([N+](=O)[O-])c1. The van der Waals surface area contributed by atoms with Crippen LogP contribution in [0.25, 0.3) is 0 Å². The van der Waals surface area contributed by atoms with Crippen LogP contribution in [-0.4, -0.2) is 16.6 Å². The minimum absolute atomic E-state index is 0.0353. The second-order valence-corrected chi connectivity index (χ2v) is 3.67. The van der Waals surface area contributed by atoms with Gasteiger partial charge in [0, 0.05) is 23.2 Å². The first-order valence-corrected chi connectivity index (χ1v) is 4.67. The molecule has 0 bridgehead atoms. The summed E-state index contributed by atoms with van der Waals surface area (Å²) in [5.74, 6) is 0. The first kappa shape index (κ1) is 11.1. The van der Waals surface area contributed by atoms with E-state index in [0.29, 0.717) is 10.0 Å². The van der Waals surface area contributed by atoms with E-state index in [1.165, 1.54) is 12.1 Å². The molecule has 0 saturated heterocycles. The van der Waals surface area contributed by atoms with Gasteiger partial charge in [0.15, 0.2) is 0 Å². The average molecular weight is 261 g/mol. The second kappa shape index (κ2) is 4.50. The molecular formula is C8H9BrN2O3. The molecule has 5 nitrogen and oxygen atoms in total. The number of hydrogen-bond donors (Lipinski definition) is 2. The molecule has 0 heterocycles. The molecule has 0 aliphatic heterocycles. The lowest BCUT2D eigenvalue weighted by atomic mass is 10.1. The van der Waals surface area contributed by atoms with Gasteiger partial charge in [0.1, 0.15) is 0 Å². The lowest BCUT2D eigenvalue weighted by molar-refractivity contribution is -0.385. The van der Waals surface area contributed by atoms with Crippen molar-refractivity contribution in [1.29, 1.82) is 0 Å². The minimum Gasteiger partial charge on any atom is -0.387 e. The molecule has 1 rings (SSSR count). The van der Waals surface area contributed by atoms with Gasteiger partial charge in [-0.1, -0.05) is 15.9 Å². The van der Waals surface area contributed by atoms with Crippen molar-refractivity contribution in [2.45, 2.75) is 6.10 Å². The number of aliphatic hydroxyl groups is 1. The molecule has 0 amide bonds. The van der Waals surface area contributed by atoms with Gasteiger partial charge >= 0.3 is 0 Å². The summed E-state index contributed by atoms with van der Waals surface area (Å²) in [6, 6.07) is 4.28. The molecular weight excluding hydrogens is 252 g/mol. The largest absolute Gasteiger partial charge is 0.387 e. The van der Waals surface area contributed by atoms with Gasteiger partial charge in [0.05, 0.1) is 11.0 Å². The van der Waals surface area contributed by atoms with E-state index in [-0.39, 0.29) is 12.2 Å². The number of hydrogen-bond acceptors (Lipinski definition) is 4. The molecule has 0 saturated carbocycles. The number of non-ortho nitro benzene ring substituents is 1. The maximum atomic E-state index is 10.5. The van der Waals surface area contributed by atoms with Crippen molar-refractivity contribution in [2.75, 3.05) is 6.54 Å². The van der Waals surface area contributed by atoms with Crippen LogP contribution in [0.5, 0.6) is 0 Å². The minimum atomic E-state index is -0.869. The molecule has 0 fully saturated rings. The molecule has 3 N–H and O–H groups in total. The first-order chi connectivity index (χ1) is 6.54. The summed E-state index contributed by atoms with van der Waals surface area (Å²) >= 11 is 3.12. The number of aliphatic hydroxyl groups excluding tert-OH is 1. The van der Waals surface area contributed by atoms with Crippen LogP contribution < -0.4 is 5.73 Å². The summed E-state index contributed by atoms with van der Waals surface area (Å²) in [4.78, 5) is 9.97. The highest BCUT2D eigenvalue weighted by Crippen LogP contribution is 2.24. The maximum absolute atomic E-state index is 10.5. The summed E-state index contributed by atoms with van der Waals surface area (Å²) in [6.07, 6.45) is -0.869. The second-order valence-electron chi connectivity index (χ2n) is 2.75. The molecule has 6 heteroatoms. The molecule has 1 atom stereocenters. The van der Waals surface area contributed by atoms with Crippen molar-refractivity contribution < 1.29 is 10.0 Å². The number of benzene rings is 1. The van der Waals surface area contributed by atoms with E-state index in [0.717, 1.165) is 0 Å². The molecule has 76 valence electrons. The van der Waals surface area contributed by atoms with Gasteiger partial charge in [-0.05, 0) is 11.6 Å². The van der Waals surface area contributed by atoms with Gasteiger partial charge in [-0.15, -0.1) is 0 Å². The molecule has 0 aromatic heterocycles. The van der Waals surface area contributed by atoms with Gasteiger partial charge in [0.2, 0.25) is 0 Å². The van der Waals surface area contributed by atoms with Crippen LogP contribution >= 0.6 is 15.9 Å². The lowest BCUT2D eigenvalue weighted by Gasteiger charge is -2.07. The van der Waals surface area contributed by atoms with E-state index in [4.69, 9.17) is 5.73 Å². The Balaban J connectivity index is 3.13. The van der Waals surface area contributed by atoms with Crippen molar-refractivity contribution in [3.05, 3.63) is 38.3 Å². The zero-order valence-electron chi connectivity index (χ0n) is 7.18. The van der Waals surface area contributed by atoms with E-state index < -0.39 is 11.0 Å². The van der Waals surface area contributed by atoms with E-state index in [1.54, 1.807) is 6.07 Å². The molecule has 0 aliphatic carbocycles. The molecule has 0 spiro atoms. The van der Waals surface area contributed by atoms with E-state index in [9.17, 15) is 15.2 Å². The smallest absolute Gasteiger partial charge is 0.270 e. The van der Waals surface area contributed by atoms with Crippen LogP contribution in [0, 0.1) is 10.1 Å². The van der Waals surface area contributed by atoms with Crippen LogP contribution in [0.4, 0.5) is 5.69 Å². The fourth-order valence-corrected chi connectivity index (χ4v) is 1.53. The van der Waals surface area contributed by atoms with Crippen molar-refractivity contribution in [1.82, 2.24) is 0 Å². The van der Waals surface area contributed by atoms with Crippen LogP contribution in [0.1, 0.15) is 11.7 Å². The number of nitro benzene ring substituents is 1. The highest BCUT2D eigenvalue weighted by Gasteiger charge is 2.12. The number of rotatable bonds is 3. The number of halogens is 1. The Morgan fingerprint density at radius 1 is 1.57 bits per heavy atom. The zero-order valence-corrected chi connectivity index (χ0v) is 8.77. The van der Waals surface area contributed by atoms with Gasteiger partial charge in [-0.2, -0.15) is 0 Å². The van der Waals surface area contributed by atoms with Gasteiger partial charge in [-0.25, -0.2) is 0 Å². The third-order valence-corrected chi connectivity index (χ3v) is 2.18. The van der Waals surface area contributed by atoms with Crippen LogP contribution in [0.15, 0.2) is 22.7 Å². The van der Waals surface area contributed by atoms with Crippen molar-refractivity contribution in [3.8, 4) is 0 Å². The van der Waals surface area contributed by atoms with Crippen LogP contribution in [0.2, 0.25) is 0 Å². The Kier molecular flexibility index (Phi) is 3.56. The summed E-state index contributed by atoms with van der Waals surface area (Å²) in [6.45, 7) is 0.0353. The summed E-state index contributed by atoms with van der Waals surface area (Å²) in [5, 5.41) is 19.9. The van der Waals surface area contributed by atoms with Crippen molar-refractivity contribution >= 4 is 21.6 Å². The summed E-state index contributed by atoms with van der Waals surface area (Å²) in [5.41, 5.74) is 5.62. The van der Waals surface area contributed by atoms with E-state index in [2.05, 4.69) is 15.9 Å². The molecule has 1 aromatic carbocycles. The van der Waals surface area contributed by atoms with Gasteiger partial charge in [-0.3, -0.25) is 10.1 Å². The van der Waals surface area contributed by atoms with Crippen LogP contribution in [0.3, 0.4) is 0 Å². The monoisotopic (exact) mass is 260 g/mol. The lowest BCUT2D eigenvalue weighted by Crippen LogP contribution is -2.11. The average Bonchev–Trinajstić information content (AvgIpc) is 2.15. The quantitative estimate of drug-likeness (QED) is 0.634. The summed E-state index contributed by atoms with van der Waals surface area (Å²) in [7, 11) is 0. The zero-order chi connectivity index (χ0) is 10.7. The molecule has 1 aromatic rings. The summed E-state index contributed by atoms with van der Waals surface area (Å²) < 4.78 is 0.550. The fraction of sp³-hybridized carbons (Fsp3) is 0.250. The fourth-order valence-electron chi connectivity index (χ4n) is 1.03. The Morgan fingerprint density at radius 3 is 2.71 bits per heavy atom. The predicted molar refractivity (Wildman–Crippen MR) is 54.8 cm³/mol. The number of nitrogens with zero attached hydrogens (tertiary/aromatic N) is 1. The van der Waals surface area contributed by atoms with Crippen LogP contribution in [-0.2, 0) is 0 Å². The third kappa shape index (κ3) is 2.50. The Bertz CT molecular complexity index is 356. The third-order valence-electron chi connectivity index (χ3n) is 1.72. The first-order valence-electron chi connectivity index (χ1n) is 3.87. The molecule has 14 heavy (non-hydrogen) atoms. The Labute approximate surface area is 88.8 Å². The topological polar surface area (TPSA) is 89.4 Å². The van der Waals surface area contributed by atoms with Gasteiger partial charge < -0.3 is 10.8 Å². The molecule has 0 aliphatic rings. The highest BCUT2D eigenvalue weighted by atomic mass is 79.9. The predicted octanol–water partition coefficient (Wildman–Crippen LogP) is 1.35. The van der Waals surface area contributed by atoms with Gasteiger partial charge in [0.25, 0.3) is 5.69 Å². The Morgan fingerprint density at radius 2 is 2.21 bits per heavy atom. The number of nitrogens with two attached hydrogens (primary N) is 1. The molecule has 1 unspecified atom stereocenters. The van der Waals surface area contributed by atoms with E-state index >= 15 is 0 Å². The number of nitro groups is 1. The van der Waals surface area contributed by atoms with Crippen molar-refractivity contribution in [3.63, 3.8) is 0 Å². The Hall–Kier alpha value is -0.980. The normalized spacial score (nSPS) is 12.5. The van der Waals surface area contributed by atoms with Crippen molar-refractivity contribution in [2.24, 2.45) is 5.73 Å². The molecule has 0 radical (unpaired) electrons. The maximum Gasteiger partial charge on any atom is 0.270 e.